The first kappa shape index (κ1) is 11.8. The maximum absolute atomic E-state index is 10.8. The molecule has 0 aliphatic carbocycles. The Labute approximate surface area is 105 Å². The lowest BCUT2D eigenvalue weighted by Gasteiger charge is -1.99. The first-order valence-corrected chi connectivity index (χ1v) is 5.60. The molecule has 0 unspecified atom stereocenters. The minimum Gasteiger partial charge on any atom is -0.361 e. The molecule has 2 N–H and O–H groups in total. The molecule has 2 rings (SSSR count). The van der Waals surface area contributed by atoms with Crippen LogP contribution in [-0.4, -0.2) is 25.8 Å². The number of carbonyl (C=O) groups is 1. The number of primary amides is 1. The first-order chi connectivity index (χ1) is 7.99. The largest absolute Gasteiger partial charge is 0.361 e. The van der Waals surface area contributed by atoms with E-state index in [-0.39, 0.29) is 5.89 Å². The molecule has 0 spiro atoms. The van der Waals surface area contributed by atoms with Crippen molar-refractivity contribution in [2.24, 2.45) is 5.73 Å². The van der Waals surface area contributed by atoms with Gasteiger partial charge in [0.25, 0.3) is 0 Å². The number of aromatic nitrogens is 4. The van der Waals surface area contributed by atoms with Crippen LogP contribution >= 0.6 is 15.9 Å². The SMILES string of the molecule is Cc1nn(Cc2noc(C(N)=O)n2)c(C)c1Br. The third kappa shape index (κ3) is 2.21. The number of amides is 1. The van der Waals surface area contributed by atoms with Gasteiger partial charge in [-0.2, -0.15) is 10.1 Å². The van der Waals surface area contributed by atoms with Gasteiger partial charge in [0.1, 0.15) is 6.54 Å². The van der Waals surface area contributed by atoms with E-state index in [2.05, 4.69) is 35.7 Å². The average Bonchev–Trinajstić information content (AvgIpc) is 2.82. The lowest BCUT2D eigenvalue weighted by molar-refractivity contribution is 0.0958. The van der Waals surface area contributed by atoms with E-state index in [4.69, 9.17) is 5.73 Å². The Balaban J connectivity index is 2.25. The Morgan fingerprint density at radius 1 is 1.53 bits per heavy atom. The highest BCUT2D eigenvalue weighted by molar-refractivity contribution is 9.10. The van der Waals surface area contributed by atoms with Crippen molar-refractivity contribution in [1.82, 2.24) is 19.9 Å². The first-order valence-electron chi connectivity index (χ1n) is 4.81. The van der Waals surface area contributed by atoms with Gasteiger partial charge in [0.2, 0.25) is 0 Å². The van der Waals surface area contributed by atoms with Crippen molar-refractivity contribution in [2.45, 2.75) is 20.4 Å². The van der Waals surface area contributed by atoms with E-state index in [9.17, 15) is 4.79 Å². The maximum Gasteiger partial charge on any atom is 0.315 e. The zero-order chi connectivity index (χ0) is 12.6. The molecule has 7 nitrogen and oxygen atoms in total. The molecule has 0 radical (unpaired) electrons. The Morgan fingerprint density at radius 2 is 2.24 bits per heavy atom. The van der Waals surface area contributed by atoms with Crippen LogP contribution in [0.5, 0.6) is 0 Å². The van der Waals surface area contributed by atoms with Crippen LogP contribution in [0.4, 0.5) is 0 Å². The number of nitrogens with two attached hydrogens (primary N) is 1. The molecule has 0 aliphatic rings. The summed E-state index contributed by atoms with van der Waals surface area (Å²) in [7, 11) is 0. The Morgan fingerprint density at radius 3 is 2.71 bits per heavy atom. The second-order valence-electron chi connectivity index (χ2n) is 3.52. The fourth-order valence-electron chi connectivity index (χ4n) is 1.38. The van der Waals surface area contributed by atoms with Gasteiger partial charge in [-0.05, 0) is 29.8 Å². The molecule has 0 fully saturated rings. The second kappa shape index (κ2) is 4.28. The molecule has 2 heterocycles. The van der Waals surface area contributed by atoms with Crippen LogP contribution in [0.1, 0.15) is 27.9 Å². The monoisotopic (exact) mass is 299 g/mol. The number of hydrogen-bond acceptors (Lipinski definition) is 5. The summed E-state index contributed by atoms with van der Waals surface area (Å²) in [4.78, 5) is 14.6. The fourth-order valence-corrected chi connectivity index (χ4v) is 1.67. The lowest BCUT2D eigenvalue weighted by atomic mass is 10.4. The highest BCUT2D eigenvalue weighted by atomic mass is 79.9. The molecule has 0 atom stereocenters. The zero-order valence-electron chi connectivity index (χ0n) is 9.27. The number of carbonyl (C=O) groups excluding carboxylic acids is 1. The molecule has 2 aromatic rings. The summed E-state index contributed by atoms with van der Waals surface area (Å²) in [6.07, 6.45) is 0. The number of aryl methyl sites for hydroxylation is 1. The fraction of sp³-hybridized carbons (Fsp3) is 0.333. The highest BCUT2D eigenvalue weighted by Crippen LogP contribution is 2.20. The second-order valence-corrected chi connectivity index (χ2v) is 4.32. The van der Waals surface area contributed by atoms with Crippen molar-refractivity contribution >= 4 is 21.8 Å². The number of rotatable bonds is 3. The van der Waals surface area contributed by atoms with Gasteiger partial charge in [-0.3, -0.25) is 9.48 Å². The van der Waals surface area contributed by atoms with Crippen molar-refractivity contribution in [3.05, 3.63) is 27.6 Å². The molecule has 0 bridgehead atoms. The molecule has 90 valence electrons. The van der Waals surface area contributed by atoms with Crippen LogP contribution in [-0.2, 0) is 6.54 Å². The van der Waals surface area contributed by atoms with Crippen LogP contribution in [0, 0.1) is 13.8 Å². The quantitative estimate of drug-likeness (QED) is 0.903. The van der Waals surface area contributed by atoms with Gasteiger partial charge in [0, 0.05) is 0 Å². The zero-order valence-corrected chi connectivity index (χ0v) is 10.9. The van der Waals surface area contributed by atoms with Gasteiger partial charge < -0.3 is 10.3 Å². The predicted octanol–water partition coefficient (Wildman–Crippen LogP) is 0.793. The van der Waals surface area contributed by atoms with E-state index in [1.807, 2.05) is 13.8 Å². The number of halogens is 1. The number of nitrogens with zero attached hydrogens (tertiary/aromatic N) is 4. The van der Waals surface area contributed by atoms with Crippen molar-refractivity contribution in [2.75, 3.05) is 0 Å². The molecule has 0 aromatic carbocycles. The predicted molar refractivity (Wildman–Crippen MR) is 61.3 cm³/mol. The summed E-state index contributed by atoms with van der Waals surface area (Å²) in [5, 5.41) is 7.94. The summed E-state index contributed by atoms with van der Waals surface area (Å²) < 4.78 is 7.34. The molecule has 17 heavy (non-hydrogen) atoms. The van der Waals surface area contributed by atoms with Crippen LogP contribution < -0.4 is 5.73 Å². The van der Waals surface area contributed by atoms with Gasteiger partial charge in [-0.1, -0.05) is 5.16 Å². The van der Waals surface area contributed by atoms with Crippen LogP contribution in [0.15, 0.2) is 9.00 Å². The minimum absolute atomic E-state index is 0.194. The van der Waals surface area contributed by atoms with Crippen molar-refractivity contribution in [3.8, 4) is 0 Å². The van der Waals surface area contributed by atoms with Crippen LogP contribution in [0.3, 0.4) is 0 Å². The van der Waals surface area contributed by atoms with E-state index >= 15 is 0 Å². The van der Waals surface area contributed by atoms with Crippen molar-refractivity contribution in [1.29, 1.82) is 0 Å². The molecule has 0 aliphatic heterocycles. The van der Waals surface area contributed by atoms with E-state index < -0.39 is 5.91 Å². The van der Waals surface area contributed by atoms with Crippen LogP contribution in [0.25, 0.3) is 0 Å². The Hall–Kier alpha value is -1.70. The average molecular weight is 300 g/mol. The molecule has 2 aromatic heterocycles. The van der Waals surface area contributed by atoms with E-state index in [1.165, 1.54) is 0 Å². The normalized spacial score (nSPS) is 10.8. The smallest absolute Gasteiger partial charge is 0.315 e. The van der Waals surface area contributed by atoms with Gasteiger partial charge in [0.15, 0.2) is 5.82 Å². The molecular formula is C9H10BrN5O2. The van der Waals surface area contributed by atoms with Crippen molar-refractivity contribution in [3.63, 3.8) is 0 Å². The summed E-state index contributed by atoms with van der Waals surface area (Å²) in [5.74, 6) is -0.573. The van der Waals surface area contributed by atoms with Crippen LogP contribution in [0.2, 0.25) is 0 Å². The molecule has 0 saturated carbocycles. The summed E-state index contributed by atoms with van der Waals surface area (Å²) in [5.41, 5.74) is 6.84. The molecule has 1 amide bonds. The standard InChI is InChI=1S/C9H10BrN5O2/c1-4-7(10)5(2)15(13-4)3-6-12-9(8(11)16)17-14-6/h3H2,1-2H3,(H2,11,16). The van der Waals surface area contributed by atoms with Gasteiger partial charge in [0.05, 0.1) is 15.9 Å². The summed E-state index contributed by atoms with van der Waals surface area (Å²) in [6, 6.07) is 0. The summed E-state index contributed by atoms with van der Waals surface area (Å²) in [6.45, 7) is 4.13. The minimum atomic E-state index is -0.738. The number of hydrogen-bond donors (Lipinski definition) is 1. The topological polar surface area (TPSA) is 99.8 Å². The third-order valence-electron chi connectivity index (χ3n) is 2.26. The molecular weight excluding hydrogens is 290 g/mol. The van der Waals surface area contributed by atoms with Gasteiger partial charge in [-0.25, -0.2) is 0 Å². The maximum atomic E-state index is 10.8. The van der Waals surface area contributed by atoms with Crippen molar-refractivity contribution < 1.29 is 9.32 Å². The van der Waals surface area contributed by atoms with Gasteiger partial charge >= 0.3 is 11.8 Å². The van der Waals surface area contributed by atoms with E-state index in [0.717, 1.165) is 15.9 Å². The molecule has 0 saturated heterocycles. The highest BCUT2D eigenvalue weighted by Gasteiger charge is 2.14. The third-order valence-corrected chi connectivity index (χ3v) is 3.41. The van der Waals surface area contributed by atoms with Gasteiger partial charge in [-0.15, -0.1) is 0 Å². The lowest BCUT2D eigenvalue weighted by Crippen LogP contribution is -2.12. The van der Waals surface area contributed by atoms with E-state index in [1.54, 1.807) is 4.68 Å². The van der Waals surface area contributed by atoms with E-state index in [0.29, 0.717) is 12.4 Å². The Bertz CT molecular complexity index is 574. The Kier molecular flexibility index (Phi) is 2.97. The summed E-state index contributed by atoms with van der Waals surface area (Å²) >= 11 is 3.42. The molecule has 8 heteroatoms.